The number of hydrogen-bond donors (Lipinski definition) is 1. The molecule has 5 nitrogen and oxygen atoms in total. The summed E-state index contributed by atoms with van der Waals surface area (Å²) in [5, 5.41) is 12.1. The van der Waals surface area contributed by atoms with Gasteiger partial charge in [-0.05, 0) is 80.4 Å². The van der Waals surface area contributed by atoms with Gasteiger partial charge in [0.15, 0.2) is 0 Å². The number of esters is 1. The van der Waals surface area contributed by atoms with Crippen LogP contribution in [0.15, 0.2) is 27.4 Å². The fourth-order valence-electron chi connectivity index (χ4n) is 6.59. The Hall–Kier alpha value is -1.85. The molecule has 1 N–H and O–H groups in total. The lowest BCUT2D eigenvalue weighted by Crippen LogP contribution is -2.56. The van der Waals surface area contributed by atoms with Crippen molar-refractivity contribution in [2.75, 3.05) is 0 Å². The van der Waals surface area contributed by atoms with Gasteiger partial charge in [-0.3, -0.25) is 4.79 Å². The molecule has 29 heavy (non-hydrogen) atoms. The molecule has 0 radical (unpaired) electrons. The molecule has 4 aliphatic carbocycles. The van der Waals surface area contributed by atoms with Crippen LogP contribution in [0.4, 0.5) is 0 Å². The summed E-state index contributed by atoms with van der Waals surface area (Å²) in [6.45, 7) is 1.85. The summed E-state index contributed by atoms with van der Waals surface area (Å²) in [6.07, 6.45) is 6.00. The number of rotatable bonds is 4. The summed E-state index contributed by atoms with van der Waals surface area (Å²) in [5.41, 5.74) is 0.649. The van der Waals surface area contributed by atoms with Crippen molar-refractivity contribution in [3.05, 3.63) is 44.8 Å². The smallest absolute Gasteiger partial charge is 0.336 e. The maximum absolute atomic E-state index is 12.7. The highest BCUT2D eigenvalue weighted by atomic mass is 35.5. The number of aliphatic hydroxyl groups is 1. The molecule has 1 heterocycles. The van der Waals surface area contributed by atoms with E-state index in [1.807, 2.05) is 6.92 Å². The SMILES string of the molecule is Cc1cc2oc(=O)cc(COC(=O)CC34C[C@H]5C[C@@H](CC(O)(C5)C3)C4)c2cc1Cl. The highest BCUT2D eigenvalue weighted by Crippen LogP contribution is 2.62. The van der Waals surface area contributed by atoms with Crippen LogP contribution in [-0.4, -0.2) is 16.7 Å². The van der Waals surface area contributed by atoms with Gasteiger partial charge < -0.3 is 14.3 Å². The van der Waals surface area contributed by atoms with Crippen LogP contribution in [-0.2, 0) is 16.1 Å². The summed E-state index contributed by atoms with van der Waals surface area (Å²) in [5.74, 6) is 0.791. The average molecular weight is 417 g/mol. The van der Waals surface area contributed by atoms with Crippen LogP contribution in [0.5, 0.6) is 0 Å². The predicted octanol–water partition coefficient (Wildman–Crippen LogP) is 4.52. The van der Waals surface area contributed by atoms with Crippen LogP contribution >= 0.6 is 11.6 Å². The first kappa shape index (κ1) is 19.1. The Morgan fingerprint density at radius 3 is 2.66 bits per heavy atom. The van der Waals surface area contributed by atoms with Crippen molar-refractivity contribution < 1.29 is 19.1 Å². The standard InChI is InChI=1S/C23H25ClO5/c1-13-2-19-17(5-18(13)24)16(4-20(25)29-19)11-28-21(26)10-22-6-14-3-15(7-22)9-23(27,8-14)12-22/h2,4-5,14-15,27H,3,6-12H2,1H3/t14-,15-,22?,23?/m1/s1. The second-order valence-corrected chi connectivity index (χ2v) is 10.1. The first-order valence-corrected chi connectivity index (χ1v) is 10.7. The number of fused-ring (bicyclic) bond motifs is 1. The molecule has 1 aromatic carbocycles. The van der Waals surface area contributed by atoms with E-state index in [1.54, 1.807) is 12.1 Å². The zero-order valence-corrected chi connectivity index (χ0v) is 17.3. The lowest BCUT2D eigenvalue weighted by molar-refractivity contribution is -0.177. The van der Waals surface area contributed by atoms with Crippen LogP contribution in [0.3, 0.4) is 0 Å². The molecule has 0 amide bonds. The lowest BCUT2D eigenvalue weighted by atomic mass is 9.47. The number of carbonyl (C=O) groups is 1. The van der Waals surface area contributed by atoms with Crippen LogP contribution in [0.2, 0.25) is 5.02 Å². The zero-order valence-electron chi connectivity index (χ0n) is 16.5. The van der Waals surface area contributed by atoms with Crippen molar-refractivity contribution in [1.29, 1.82) is 0 Å². The molecule has 6 heteroatoms. The van der Waals surface area contributed by atoms with Gasteiger partial charge >= 0.3 is 11.6 Å². The predicted molar refractivity (Wildman–Crippen MR) is 109 cm³/mol. The van der Waals surface area contributed by atoms with Crippen molar-refractivity contribution in [2.24, 2.45) is 17.3 Å². The number of aryl methyl sites for hydroxylation is 1. The van der Waals surface area contributed by atoms with Gasteiger partial charge in [0.25, 0.3) is 0 Å². The number of benzene rings is 1. The Morgan fingerprint density at radius 1 is 1.24 bits per heavy atom. The molecule has 4 bridgehead atoms. The fourth-order valence-corrected chi connectivity index (χ4v) is 6.76. The van der Waals surface area contributed by atoms with Crippen LogP contribution in [0, 0.1) is 24.2 Å². The summed E-state index contributed by atoms with van der Waals surface area (Å²) in [6, 6.07) is 4.82. The summed E-state index contributed by atoms with van der Waals surface area (Å²) >= 11 is 6.23. The minimum absolute atomic E-state index is 0.00747. The third-order valence-electron chi connectivity index (χ3n) is 7.17. The van der Waals surface area contributed by atoms with Crippen LogP contribution in [0.1, 0.15) is 56.1 Å². The molecule has 4 aliphatic rings. The molecule has 0 aliphatic heterocycles. The monoisotopic (exact) mass is 416 g/mol. The maximum Gasteiger partial charge on any atom is 0.336 e. The van der Waals surface area contributed by atoms with E-state index in [-0.39, 0.29) is 18.0 Å². The van der Waals surface area contributed by atoms with Gasteiger partial charge in [-0.2, -0.15) is 0 Å². The zero-order chi connectivity index (χ0) is 20.4. The second kappa shape index (κ2) is 6.58. The molecule has 2 atom stereocenters. The first-order chi connectivity index (χ1) is 13.7. The topological polar surface area (TPSA) is 76.7 Å². The Morgan fingerprint density at radius 2 is 1.97 bits per heavy atom. The van der Waals surface area contributed by atoms with Gasteiger partial charge in [0, 0.05) is 22.0 Å². The molecular formula is C23H25ClO5. The first-order valence-electron chi connectivity index (χ1n) is 10.3. The van der Waals surface area contributed by atoms with Crippen molar-refractivity contribution >= 4 is 28.5 Å². The Labute approximate surface area is 174 Å². The number of hydrogen-bond acceptors (Lipinski definition) is 5. The molecule has 0 unspecified atom stereocenters. The van der Waals surface area contributed by atoms with E-state index in [0.29, 0.717) is 46.2 Å². The van der Waals surface area contributed by atoms with E-state index < -0.39 is 11.2 Å². The normalized spacial score (nSPS) is 32.7. The molecule has 2 aromatic rings. The van der Waals surface area contributed by atoms with E-state index in [0.717, 1.165) is 31.2 Å². The van der Waals surface area contributed by atoms with Crippen LogP contribution in [0.25, 0.3) is 11.0 Å². The van der Waals surface area contributed by atoms with Gasteiger partial charge in [-0.1, -0.05) is 11.6 Å². The number of halogens is 1. The average Bonchev–Trinajstić information content (AvgIpc) is 2.58. The number of ether oxygens (including phenoxy) is 1. The largest absolute Gasteiger partial charge is 0.461 e. The van der Waals surface area contributed by atoms with Gasteiger partial charge in [0.1, 0.15) is 12.2 Å². The molecule has 0 saturated heterocycles. The maximum atomic E-state index is 12.7. The molecule has 4 fully saturated rings. The highest BCUT2D eigenvalue weighted by molar-refractivity contribution is 6.32. The van der Waals surface area contributed by atoms with Crippen molar-refractivity contribution in [3.8, 4) is 0 Å². The quantitative estimate of drug-likeness (QED) is 0.585. The highest BCUT2D eigenvalue weighted by Gasteiger charge is 2.57. The number of carbonyl (C=O) groups excluding carboxylic acids is 1. The van der Waals surface area contributed by atoms with E-state index in [4.69, 9.17) is 20.8 Å². The van der Waals surface area contributed by atoms with E-state index in [1.165, 1.54) is 12.5 Å². The van der Waals surface area contributed by atoms with Crippen molar-refractivity contribution in [1.82, 2.24) is 0 Å². The van der Waals surface area contributed by atoms with Crippen molar-refractivity contribution in [2.45, 2.75) is 64.1 Å². The third-order valence-corrected chi connectivity index (χ3v) is 7.58. The van der Waals surface area contributed by atoms with Crippen LogP contribution < -0.4 is 5.63 Å². The molecule has 4 saturated carbocycles. The minimum Gasteiger partial charge on any atom is -0.461 e. The molecule has 154 valence electrons. The fraction of sp³-hybridized carbons (Fsp3) is 0.565. The van der Waals surface area contributed by atoms with Gasteiger partial charge in [-0.15, -0.1) is 0 Å². The molecular weight excluding hydrogens is 392 g/mol. The Kier molecular flexibility index (Phi) is 4.34. The Balaban J connectivity index is 1.33. The summed E-state index contributed by atoms with van der Waals surface area (Å²) < 4.78 is 10.9. The lowest BCUT2D eigenvalue weighted by Gasteiger charge is -2.60. The summed E-state index contributed by atoms with van der Waals surface area (Å²) in [4.78, 5) is 24.6. The van der Waals surface area contributed by atoms with Gasteiger partial charge in [-0.25, -0.2) is 4.79 Å². The van der Waals surface area contributed by atoms with E-state index in [2.05, 4.69) is 0 Å². The van der Waals surface area contributed by atoms with Gasteiger partial charge in [0.05, 0.1) is 12.0 Å². The third kappa shape index (κ3) is 3.49. The second-order valence-electron chi connectivity index (χ2n) is 9.71. The van der Waals surface area contributed by atoms with E-state index in [9.17, 15) is 14.7 Å². The van der Waals surface area contributed by atoms with Crippen molar-refractivity contribution in [3.63, 3.8) is 0 Å². The molecule has 1 aromatic heterocycles. The summed E-state index contributed by atoms with van der Waals surface area (Å²) in [7, 11) is 0. The van der Waals surface area contributed by atoms with Gasteiger partial charge in [0.2, 0.25) is 0 Å². The minimum atomic E-state index is -0.590. The Bertz CT molecular complexity index is 1040. The molecule has 0 spiro atoms. The van der Waals surface area contributed by atoms with E-state index >= 15 is 0 Å². The molecule has 6 rings (SSSR count).